The van der Waals surface area contributed by atoms with E-state index in [0.29, 0.717) is 5.75 Å². The Bertz CT molecular complexity index is 214. The maximum Gasteiger partial charge on any atom is 0.321 e. The molecule has 6 heteroatoms. The lowest BCUT2D eigenvalue weighted by atomic mass is 10.2. The number of carbonyl (C=O) groups is 1. The predicted molar refractivity (Wildman–Crippen MR) is 57.9 cm³/mol. The van der Waals surface area contributed by atoms with E-state index in [9.17, 15) is 4.79 Å². The quantitative estimate of drug-likeness (QED) is 0.584. The fourth-order valence-electron chi connectivity index (χ4n) is 1.43. The number of aliphatic hydroxyl groups excluding tert-OH is 1. The molecule has 3 atom stereocenters. The van der Waals surface area contributed by atoms with E-state index >= 15 is 0 Å². The molecule has 1 fully saturated rings. The second-order valence-corrected chi connectivity index (χ2v) is 4.70. The van der Waals surface area contributed by atoms with Gasteiger partial charge in [-0.05, 0) is 12.8 Å². The molecular weight excluding hydrogens is 218 g/mol. The standard InChI is InChI=1S/C9H17NO4S/c10-8(9(12)13)5-15-4-7-2-1-6(3-11)14-7/h6-8,11H,1-5,10H2,(H,12,13)/t6-,7-,8?/m1/s1. The lowest BCUT2D eigenvalue weighted by molar-refractivity contribution is -0.137. The van der Waals surface area contributed by atoms with E-state index in [0.717, 1.165) is 18.6 Å². The second-order valence-electron chi connectivity index (χ2n) is 3.62. The van der Waals surface area contributed by atoms with Crippen LogP contribution in [0.15, 0.2) is 0 Å². The lowest BCUT2D eigenvalue weighted by Gasteiger charge is -2.12. The number of ether oxygens (including phenoxy) is 1. The fraction of sp³-hybridized carbons (Fsp3) is 0.889. The van der Waals surface area contributed by atoms with E-state index in [1.165, 1.54) is 11.8 Å². The van der Waals surface area contributed by atoms with Crippen molar-refractivity contribution in [1.82, 2.24) is 0 Å². The van der Waals surface area contributed by atoms with Gasteiger partial charge in [-0.25, -0.2) is 0 Å². The summed E-state index contributed by atoms with van der Waals surface area (Å²) in [7, 11) is 0. The highest BCUT2D eigenvalue weighted by molar-refractivity contribution is 7.99. The van der Waals surface area contributed by atoms with E-state index in [1.54, 1.807) is 0 Å². The Kier molecular flexibility index (Phi) is 5.38. The van der Waals surface area contributed by atoms with E-state index < -0.39 is 12.0 Å². The molecule has 0 spiro atoms. The Hall–Kier alpha value is -0.300. The molecule has 5 nitrogen and oxygen atoms in total. The number of hydrogen-bond acceptors (Lipinski definition) is 5. The van der Waals surface area contributed by atoms with Crippen molar-refractivity contribution in [3.63, 3.8) is 0 Å². The molecule has 88 valence electrons. The van der Waals surface area contributed by atoms with E-state index in [2.05, 4.69) is 0 Å². The zero-order chi connectivity index (χ0) is 11.3. The Labute approximate surface area is 93.0 Å². The molecule has 0 aromatic heterocycles. The number of carboxylic acids is 1. The van der Waals surface area contributed by atoms with Crippen LogP contribution < -0.4 is 5.73 Å². The molecule has 0 aromatic carbocycles. The van der Waals surface area contributed by atoms with Crippen LogP contribution in [0, 0.1) is 0 Å². The molecular formula is C9H17NO4S. The third-order valence-corrected chi connectivity index (χ3v) is 3.52. The van der Waals surface area contributed by atoms with Gasteiger partial charge in [0.25, 0.3) is 0 Å². The minimum Gasteiger partial charge on any atom is -0.480 e. The summed E-state index contributed by atoms with van der Waals surface area (Å²) in [5.74, 6) is 0.180. The molecule has 0 bridgehead atoms. The summed E-state index contributed by atoms with van der Waals surface area (Å²) in [5, 5.41) is 17.4. The molecule has 1 aliphatic heterocycles. The highest BCUT2D eigenvalue weighted by atomic mass is 32.2. The van der Waals surface area contributed by atoms with Gasteiger partial charge in [-0.1, -0.05) is 0 Å². The van der Waals surface area contributed by atoms with Crippen molar-refractivity contribution in [2.45, 2.75) is 31.1 Å². The number of nitrogens with two attached hydrogens (primary N) is 1. The number of carboxylic acid groups (broad SMARTS) is 1. The van der Waals surface area contributed by atoms with Crippen LogP contribution in [-0.2, 0) is 9.53 Å². The van der Waals surface area contributed by atoms with Crippen molar-refractivity contribution in [3.05, 3.63) is 0 Å². The molecule has 0 aliphatic carbocycles. The first-order valence-corrected chi connectivity index (χ1v) is 6.11. The fourth-order valence-corrected chi connectivity index (χ4v) is 2.48. The van der Waals surface area contributed by atoms with Gasteiger partial charge in [0.05, 0.1) is 18.8 Å². The molecule has 4 N–H and O–H groups in total. The van der Waals surface area contributed by atoms with Crippen molar-refractivity contribution in [1.29, 1.82) is 0 Å². The number of thioether (sulfide) groups is 1. The third-order valence-electron chi connectivity index (χ3n) is 2.32. The van der Waals surface area contributed by atoms with Crippen LogP contribution in [0.1, 0.15) is 12.8 Å². The molecule has 1 rings (SSSR count). The van der Waals surface area contributed by atoms with E-state index in [4.69, 9.17) is 20.7 Å². The summed E-state index contributed by atoms with van der Waals surface area (Å²) in [4.78, 5) is 10.4. The van der Waals surface area contributed by atoms with Crippen molar-refractivity contribution in [3.8, 4) is 0 Å². The highest BCUT2D eigenvalue weighted by Gasteiger charge is 2.24. The van der Waals surface area contributed by atoms with Crippen LogP contribution >= 0.6 is 11.8 Å². The molecule has 1 aliphatic rings. The number of hydrogen-bond donors (Lipinski definition) is 3. The van der Waals surface area contributed by atoms with Gasteiger partial charge in [-0.15, -0.1) is 0 Å². The van der Waals surface area contributed by atoms with E-state index in [-0.39, 0.29) is 18.8 Å². The molecule has 1 unspecified atom stereocenters. The van der Waals surface area contributed by atoms with Gasteiger partial charge < -0.3 is 20.7 Å². The Morgan fingerprint density at radius 2 is 2.20 bits per heavy atom. The van der Waals surface area contributed by atoms with Gasteiger partial charge >= 0.3 is 5.97 Å². The SMILES string of the molecule is NC(CSC[C@H]1CC[C@H](CO)O1)C(=O)O. The molecule has 0 amide bonds. The zero-order valence-electron chi connectivity index (χ0n) is 8.46. The van der Waals surface area contributed by atoms with Gasteiger partial charge in [-0.3, -0.25) is 4.79 Å². The monoisotopic (exact) mass is 235 g/mol. The number of aliphatic hydroxyl groups is 1. The normalized spacial score (nSPS) is 27.9. The minimum atomic E-state index is -0.969. The maximum atomic E-state index is 10.4. The predicted octanol–water partition coefficient (Wildman–Crippen LogP) is -0.329. The summed E-state index contributed by atoms with van der Waals surface area (Å²) >= 11 is 1.49. The Morgan fingerprint density at radius 3 is 2.73 bits per heavy atom. The second kappa shape index (κ2) is 6.32. The summed E-state index contributed by atoms with van der Waals surface area (Å²) < 4.78 is 5.49. The van der Waals surface area contributed by atoms with E-state index in [1.807, 2.05) is 0 Å². The first-order valence-electron chi connectivity index (χ1n) is 4.96. The average Bonchev–Trinajstić information content (AvgIpc) is 2.65. The van der Waals surface area contributed by atoms with Gasteiger partial charge in [0.2, 0.25) is 0 Å². The maximum absolute atomic E-state index is 10.4. The Balaban J connectivity index is 2.08. The molecule has 0 radical (unpaired) electrons. The largest absolute Gasteiger partial charge is 0.480 e. The molecule has 1 heterocycles. The van der Waals surface area contributed by atoms with Crippen LogP contribution in [-0.4, -0.2) is 52.5 Å². The van der Waals surface area contributed by atoms with Crippen molar-refractivity contribution in [2.24, 2.45) is 5.73 Å². The molecule has 15 heavy (non-hydrogen) atoms. The van der Waals surface area contributed by atoms with Crippen LogP contribution in [0.3, 0.4) is 0 Å². The number of rotatable bonds is 6. The van der Waals surface area contributed by atoms with Crippen LogP contribution in [0.2, 0.25) is 0 Å². The molecule has 0 aromatic rings. The lowest BCUT2D eigenvalue weighted by Crippen LogP contribution is -2.33. The van der Waals surface area contributed by atoms with Crippen LogP contribution in [0.4, 0.5) is 0 Å². The molecule has 0 saturated carbocycles. The summed E-state index contributed by atoms with van der Waals surface area (Å²) in [6.45, 7) is 0.0653. The topological polar surface area (TPSA) is 92.8 Å². The van der Waals surface area contributed by atoms with Gasteiger partial charge in [0, 0.05) is 11.5 Å². The average molecular weight is 235 g/mol. The molecule has 1 saturated heterocycles. The first-order chi connectivity index (χ1) is 7.13. The number of aliphatic carboxylic acids is 1. The van der Waals surface area contributed by atoms with Gasteiger partial charge in [0.15, 0.2) is 0 Å². The third kappa shape index (κ3) is 4.38. The van der Waals surface area contributed by atoms with Gasteiger partial charge in [-0.2, -0.15) is 11.8 Å². The van der Waals surface area contributed by atoms with Crippen LogP contribution in [0.25, 0.3) is 0 Å². The van der Waals surface area contributed by atoms with Gasteiger partial charge in [0.1, 0.15) is 6.04 Å². The summed E-state index contributed by atoms with van der Waals surface area (Å²) in [5.41, 5.74) is 5.35. The van der Waals surface area contributed by atoms with Crippen molar-refractivity contribution < 1.29 is 19.7 Å². The first kappa shape index (κ1) is 12.8. The van der Waals surface area contributed by atoms with Crippen molar-refractivity contribution >= 4 is 17.7 Å². The Morgan fingerprint density at radius 1 is 1.53 bits per heavy atom. The highest BCUT2D eigenvalue weighted by Crippen LogP contribution is 2.22. The smallest absolute Gasteiger partial charge is 0.321 e. The summed E-state index contributed by atoms with van der Waals surface area (Å²) in [6.07, 6.45) is 1.91. The zero-order valence-corrected chi connectivity index (χ0v) is 9.28. The minimum absolute atomic E-state index is 0.0382. The van der Waals surface area contributed by atoms with Crippen molar-refractivity contribution in [2.75, 3.05) is 18.1 Å². The summed E-state index contributed by atoms with van der Waals surface area (Å²) in [6, 6.07) is -0.801. The van der Waals surface area contributed by atoms with Crippen LogP contribution in [0.5, 0.6) is 0 Å².